The molecule has 3 aliphatic carbocycles. The van der Waals surface area contributed by atoms with Gasteiger partial charge in [-0.05, 0) is 0 Å². The van der Waals surface area contributed by atoms with Crippen LogP contribution in [0.5, 0.6) is 0 Å². The van der Waals surface area contributed by atoms with Gasteiger partial charge in [0.1, 0.15) is 9.75 Å². The van der Waals surface area contributed by atoms with Gasteiger partial charge in [0.2, 0.25) is 0 Å². The summed E-state index contributed by atoms with van der Waals surface area (Å²) in [5, 5.41) is 0.113. The normalized spacial score (nSPS) is 51.6. The molecule has 0 aromatic carbocycles. The molecule has 0 aliphatic heterocycles. The van der Waals surface area contributed by atoms with E-state index >= 15 is 0 Å². The molecule has 0 spiro atoms. The molecule has 1 saturated carbocycles. The van der Waals surface area contributed by atoms with Crippen molar-refractivity contribution in [2.75, 3.05) is 0 Å². The van der Waals surface area contributed by atoms with Crippen molar-refractivity contribution in [3.63, 3.8) is 0 Å². The van der Waals surface area contributed by atoms with E-state index in [1.165, 1.54) is 0 Å². The molecule has 0 N–H and O–H groups in total. The summed E-state index contributed by atoms with van der Waals surface area (Å²) < 4.78 is -1.48. The molecule has 0 heterocycles. The van der Waals surface area contributed by atoms with Crippen LogP contribution < -0.4 is 0 Å². The first kappa shape index (κ1) is 16.6. The Bertz CT molecular complexity index is 473. The summed E-state index contributed by atoms with van der Waals surface area (Å²) in [5.41, 5.74) is 0. The Kier molecular flexibility index (Phi) is 4.28. The third-order valence-corrected chi connectivity index (χ3v) is 8.61. The zero-order valence-corrected chi connectivity index (χ0v) is 13.3. The van der Waals surface area contributed by atoms with Crippen LogP contribution in [0.15, 0.2) is 22.2 Å². The zero-order valence-electron chi connectivity index (χ0n) is 8.03. The van der Waals surface area contributed by atoms with Crippen LogP contribution in [-0.4, -0.2) is 42.5 Å². The van der Waals surface area contributed by atoms with Gasteiger partial charge >= 0.3 is 23.1 Å². The number of alkyl halides is 5. The molecule has 0 amide bonds. The van der Waals surface area contributed by atoms with Gasteiger partial charge in [0, 0.05) is 11.8 Å². The van der Waals surface area contributed by atoms with Crippen LogP contribution in [0, 0.1) is 11.8 Å². The first-order valence-corrected chi connectivity index (χ1v) is 7.55. The lowest BCUT2D eigenvalue weighted by Gasteiger charge is -2.34. The first-order chi connectivity index (χ1) is 7.70. The number of halogens is 7. The van der Waals surface area contributed by atoms with Gasteiger partial charge in [-0.25, -0.2) is 0 Å². The van der Waals surface area contributed by atoms with Crippen molar-refractivity contribution in [3.05, 3.63) is 22.2 Å². The van der Waals surface area contributed by atoms with Gasteiger partial charge < -0.3 is 0 Å². The molecular weight excluding hydrogens is 393 g/mol. The van der Waals surface area contributed by atoms with Gasteiger partial charge in [-0.2, -0.15) is 0 Å². The maximum absolute atomic E-state index is 6.57. The number of hydrogen-bond donors (Lipinski definition) is 0. The summed E-state index contributed by atoms with van der Waals surface area (Å²) in [7, 11) is 0. The minimum atomic E-state index is -1.48. The molecule has 0 nitrogen and oxygen atoms in total. The predicted octanol–water partition coefficient (Wildman–Crippen LogP) is 4.33. The first-order valence-electron chi connectivity index (χ1n) is 4.85. The van der Waals surface area contributed by atoms with Gasteiger partial charge in [0.15, 0.2) is 4.33 Å². The molecule has 18 heavy (non-hydrogen) atoms. The lowest BCUT2D eigenvalue weighted by atomic mass is 9.84. The molecule has 5 atom stereocenters. The molecular formula is C10H7Cl7Mg. The van der Waals surface area contributed by atoms with E-state index in [0.29, 0.717) is 0 Å². The summed E-state index contributed by atoms with van der Waals surface area (Å²) in [6, 6.07) is 0. The van der Waals surface area contributed by atoms with E-state index in [1.807, 2.05) is 12.2 Å². The summed E-state index contributed by atoms with van der Waals surface area (Å²) in [6.45, 7) is 0. The zero-order chi connectivity index (χ0) is 12.8. The molecule has 2 bridgehead atoms. The van der Waals surface area contributed by atoms with Crippen LogP contribution >= 0.6 is 81.2 Å². The largest absolute Gasteiger partial charge is 0.316 e. The van der Waals surface area contributed by atoms with Crippen molar-refractivity contribution >= 4 is 104 Å². The number of rotatable bonds is 0. The molecule has 3 rings (SSSR count). The SMILES string of the molecule is ClC1=C(Cl)C2(Cl)C3C(Cl)C=CC3C1(Cl)C2(Cl)Cl.[MgH2]. The second kappa shape index (κ2) is 4.63. The monoisotopic (exact) mass is 396 g/mol. The van der Waals surface area contributed by atoms with Crippen molar-refractivity contribution in [2.24, 2.45) is 11.8 Å². The Balaban J connectivity index is 0.00000120. The molecule has 0 radical (unpaired) electrons. The number of allylic oxidation sites excluding steroid dienone is 4. The van der Waals surface area contributed by atoms with Crippen LogP contribution in [0.25, 0.3) is 0 Å². The maximum Gasteiger partial charge on any atom is 0.316 e. The average Bonchev–Trinajstić information content (AvgIpc) is 2.73. The van der Waals surface area contributed by atoms with Crippen LogP contribution in [0.1, 0.15) is 0 Å². The topological polar surface area (TPSA) is 0 Å². The van der Waals surface area contributed by atoms with Crippen LogP contribution in [0.4, 0.5) is 0 Å². The fraction of sp³-hybridized carbons (Fsp3) is 0.600. The average molecular weight is 400 g/mol. The smallest absolute Gasteiger partial charge is 0.118 e. The van der Waals surface area contributed by atoms with Crippen molar-refractivity contribution in [3.8, 4) is 0 Å². The lowest BCUT2D eigenvalue weighted by molar-refractivity contribution is 0.420. The Morgan fingerprint density at radius 1 is 0.889 bits per heavy atom. The minimum Gasteiger partial charge on any atom is -0.118 e. The summed E-state index contributed by atoms with van der Waals surface area (Å²) >= 11 is 44.5. The lowest BCUT2D eigenvalue weighted by Crippen LogP contribution is -2.45. The van der Waals surface area contributed by atoms with Crippen molar-refractivity contribution < 1.29 is 0 Å². The van der Waals surface area contributed by atoms with Crippen molar-refractivity contribution in [1.29, 1.82) is 0 Å². The highest BCUT2D eigenvalue weighted by Gasteiger charge is 2.83. The van der Waals surface area contributed by atoms with Crippen molar-refractivity contribution in [2.45, 2.75) is 19.5 Å². The fourth-order valence-electron chi connectivity index (χ4n) is 3.08. The highest BCUT2D eigenvalue weighted by molar-refractivity contribution is 6.66. The summed E-state index contributed by atoms with van der Waals surface area (Å²) in [5.74, 6) is -0.470. The highest BCUT2D eigenvalue weighted by Crippen LogP contribution is 2.78. The number of hydrogen-bond acceptors (Lipinski definition) is 0. The van der Waals surface area contributed by atoms with E-state index in [2.05, 4.69) is 0 Å². The van der Waals surface area contributed by atoms with E-state index in [1.54, 1.807) is 0 Å². The summed E-state index contributed by atoms with van der Waals surface area (Å²) in [4.78, 5) is -2.45. The van der Waals surface area contributed by atoms with Crippen LogP contribution in [0.3, 0.4) is 0 Å². The van der Waals surface area contributed by atoms with E-state index in [9.17, 15) is 0 Å². The quantitative estimate of drug-likeness (QED) is 0.323. The van der Waals surface area contributed by atoms with Gasteiger partial charge in [-0.15, -0.1) is 34.8 Å². The molecule has 8 heteroatoms. The van der Waals surface area contributed by atoms with Crippen LogP contribution in [-0.2, 0) is 0 Å². The molecule has 1 fully saturated rings. The van der Waals surface area contributed by atoms with Crippen molar-refractivity contribution in [1.82, 2.24) is 0 Å². The number of fused-ring (bicyclic) bond motifs is 5. The Morgan fingerprint density at radius 2 is 1.39 bits per heavy atom. The van der Waals surface area contributed by atoms with Gasteiger partial charge in [-0.1, -0.05) is 58.6 Å². The molecule has 0 saturated heterocycles. The Hall–Kier alpha value is 2.28. The second-order valence-corrected chi connectivity index (χ2v) is 8.29. The minimum absolute atomic E-state index is 0. The maximum atomic E-state index is 6.57. The highest BCUT2D eigenvalue weighted by atomic mass is 35.5. The standard InChI is InChI=1S/C10H5Cl7.Mg.2H/c11-4-2-1-3-5(4)9(15)7(13)6(12)8(3,14)10(9,16)17;;;/h1-5H;;;. The van der Waals surface area contributed by atoms with E-state index in [-0.39, 0.29) is 50.3 Å². The summed E-state index contributed by atoms with van der Waals surface area (Å²) in [6.07, 6.45) is 3.69. The Morgan fingerprint density at radius 3 is 1.94 bits per heavy atom. The van der Waals surface area contributed by atoms with Gasteiger partial charge in [0.05, 0.1) is 15.4 Å². The molecule has 98 valence electrons. The molecule has 0 aromatic heterocycles. The predicted molar refractivity (Wildman–Crippen MR) is 84.6 cm³/mol. The second-order valence-electron chi connectivity index (χ2n) is 4.51. The third kappa shape index (κ3) is 1.45. The van der Waals surface area contributed by atoms with Crippen LogP contribution in [0.2, 0.25) is 0 Å². The van der Waals surface area contributed by atoms with E-state index in [4.69, 9.17) is 81.2 Å². The molecule has 0 aromatic rings. The molecule has 3 aliphatic rings. The van der Waals surface area contributed by atoms with Gasteiger partial charge in [-0.3, -0.25) is 0 Å². The third-order valence-electron chi connectivity index (χ3n) is 3.90. The fourth-order valence-corrected chi connectivity index (χ4v) is 6.60. The molecule has 5 unspecified atom stereocenters. The Labute approximate surface area is 156 Å². The van der Waals surface area contributed by atoms with Gasteiger partial charge in [0.25, 0.3) is 0 Å². The van der Waals surface area contributed by atoms with E-state index in [0.717, 1.165) is 0 Å². The van der Waals surface area contributed by atoms with E-state index < -0.39 is 14.1 Å².